The van der Waals surface area contributed by atoms with Crippen LogP contribution in [0.3, 0.4) is 0 Å². The van der Waals surface area contributed by atoms with Crippen LogP contribution in [0.1, 0.15) is 27.7 Å². The second-order valence-electron chi connectivity index (χ2n) is 5.86. The molecular weight excluding hydrogens is 344 g/mol. The highest BCUT2D eigenvalue weighted by Gasteiger charge is 2.78. The normalized spacial score (nSPS) is 40.7. The fraction of sp³-hybridized carbons (Fsp3) is 0.714. The van der Waals surface area contributed by atoms with Gasteiger partial charge in [0, 0.05) is 0 Å². The van der Waals surface area contributed by atoms with E-state index < -0.39 is 57.6 Å². The molecule has 1 aliphatic rings. The third-order valence-corrected chi connectivity index (χ3v) is 4.85. The minimum Gasteiger partial charge on any atom is -0.386 e. The molecule has 0 bridgehead atoms. The quantitative estimate of drug-likeness (QED) is 0.334. The van der Waals surface area contributed by atoms with Crippen molar-refractivity contribution in [3.8, 4) is 0 Å². The zero-order valence-electron chi connectivity index (χ0n) is 13.5. The third-order valence-electron chi connectivity index (χ3n) is 4.36. The van der Waals surface area contributed by atoms with Gasteiger partial charge in [0.15, 0.2) is 40.4 Å². The van der Waals surface area contributed by atoms with Crippen LogP contribution in [0.25, 0.3) is 0 Å². The van der Waals surface area contributed by atoms with E-state index in [4.69, 9.17) is 4.74 Å². The Bertz CT molecular complexity index is 603. The molecule has 1 saturated heterocycles. The first-order chi connectivity index (χ1) is 10.7. The third kappa shape index (κ3) is 2.37. The van der Waals surface area contributed by atoms with E-state index >= 15 is 0 Å². The summed E-state index contributed by atoms with van der Waals surface area (Å²) in [4.78, 5) is 48.2. The first kappa shape index (κ1) is 20.9. The van der Waals surface area contributed by atoms with Crippen LogP contribution in [0, 0.1) is 0 Å². The minimum absolute atomic E-state index is 0.720. The van der Waals surface area contributed by atoms with E-state index in [0.29, 0.717) is 0 Å². The van der Waals surface area contributed by atoms with Crippen molar-refractivity contribution in [1.29, 1.82) is 0 Å². The van der Waals surface area contributed by atoms with E-state index in [-0.39, 0.29) is 0 Å². The first-order valence-electron chi connectivity index (χ1n) is 6.96. The van der Waals surface area contributed by atoms with E-state index in [0.717, 1.165) is 27.7 Å². The van der Waals surface area contributed by atoms with Crippen molar-refractivity contribution in [3.63, 3.8) is 0 Å². The maximum atomic E-state index is 12.1. The Balaban J connectivity index is 3.86. The zero-order chi connectivity index (χ0) is 19.2. The molecule has 10 heteroatoms. The maximum Gasteiger partial charge on any atom is 0.201 e. The Morgan fingerprint density at radius 2 is 1.38 bits per heavy atom. The molecule has 24 heavy (non-hydrogen) atoms. The highest BCUT2D eigenvalue weighted by atomic mass is 32.1. The minimum atomic E-state index is -3.42. The molecule has 1 aliphatic heterocycles. The van der Waals surface area contributed by atoms with Crippen LogP contribution in [0.4, 0.5) is 0 Å². The average molecular weight is 364 g/mol. The number of hydrogen-bond donors (Lipinski definition) is 5. The molecule has 9 nitrogen and oxygen atoms in total. The summed E-state index contributed by atoms with van der Waals surface area (Å²) in [7, 11) is 0. The van der Waals surface area contributed by atoms with E-state index in [1.165, 1.54) is 0 Å². The van der Waals surface area contributed by atoms with Crippen LogP contribution >= 0.6 is 12.6 Å². The summed E-state index contributed by atoms with van der Waals surface area (Å²) >= 11 is 3.80. The molecule has 1 unspecified atom stereocenters. The van der Waals surface area contributed by atoms with Gasteiger partial charge in [0.1, 0.15) is 11.5 Å². The van der Waals surface area contributed by atoms with Crippen LogP contribution < -0.4 is 0 Å². The Labute approximate surface area is 143 Å². The van der Waals surface area contributed by atoms with Crippen molar-refractivity contribution in [1.82, 2.24) is 0 Å². The predicted molar refractivity (Wildman–Crippen MR) is 81.2 cm³/mol. The Morgan fingerprint density at radius 1 is 0.958 bits per heavy atom. The number of aliphatic hydroxyl groups excluding tert-OH is 1. The number of carbonyl (C=O) groups is 4. The standard InChI is InChI=1S/C14H20O9S/c1-5(15)9(19)10-12(20,6(2)16)14(22,8(4)18)13(21,7(3)17)11(24)23-10/h5,10-11,15,20-22,24H,1-4H3/t5?,10-,11+,12-,13+,14+/m1/s1. The number of hydrogen-bond acceptors (Lipinski definition) is 10. The van der Waals surface area contributed by atoms with Gasteiger partial charge in [-0.3, -0.25) is 19.2 Å². The van der Waals surface area contributed by atoms with Gasteiger partial charge in [-0.1, -0.05) is 0 Å². The molecule has 0 aromatic carbocycles. The van der Waals surface area contributed by atoms with Crippen LogP contribution in [-0.4, -0.2) is 78.0 Å². The fourth-order valence-electron chi connectivity index (χ4n) is 2.88. The lowest BCUT2D eigenvalue weighted by atomic mass is 9.60. The summed E-state index contributed by atoms with van der Waals surface area (Å²) in [6, 6.07) is 0. The molecule has 0 saturated carbocycles. The van der Waals surface area contributed by atoms with Gasteiger partial charge < -0.3 is 25.2 Å². The van der Waals surface area contributed by atoms with Crippen LogP contribution in [0.15, 0.2) is 0 Å². The monoisotopic (exact) mass is 364 g/mol. The van der Waals surface area contributed by atoms with E-state index in [9.17, 15) is 39.6 Å². The lowest BCUT2D eigenvalue weighted by Gasteiger charge is -2.56. The van der Waals surface area contributed by atoms with Crippen molar-refractivity contribution in [2.24, 2.45) is 0 Å². The van der Waals surface area contributed by atoms with Gasteiger partial charge >= 0.3 is 0 Å². The summed E-state index contributed by atoms with van der Waals surface area (Å²) in [6.45, 7) is 3.26. The number of aliphatic hydroxyl groups is 4. The molecule has 0 spiro atoms. The number of thiol groups is 1. The summed E-state index contributed by atoms with van der Waals surface area (Å²) in [5.41, 5.74) is -11.8. The highest BCUT2D eigenvalue weighted by molar-refractivity contribution is 7.80. The predicted octanol–water partition coefficient (Wildman–Crippen LogP) is -2.45. The molecule has 0 aromatic heterocycles. The van der Waals surface area contributed by atoms with Gasteiger partial charge in [-0.2, -0.15) is 0 Å². The van der Waals surface area contributed by atoms with Gasteiger partial charge in [0.25, 0.3) is 0 Å². The molecule has 1 heterocycles. The molecule has 0 amide bonds. The summed E-state index contributed by atoms with van der Waals surface area (Å²) in [5.74, 6) is -5.14. The Hall–Kier alpha value is -1.17. The molecule has 1 rings (SSSR count). The maximum absolute atomic E-state index is 12.1. The molecule has 1 fully saturated rings. The second-order valence-corrected chi connectivity index (χ2v) is 6.33. The van der Waals surface area contributed by atoms with E-state index in [2.05, 4.69) is 12.6 Å². The van der Waals surface area contributed by atoms with Gasteiger partial charge in [-0.05, 0) is 27.7 Å². The topological polar surface area (TPSA) is 158 Å². The number of ether oxygens (including phenoxy) is 1. The van der Waals surface area contributed by atoms with Gasteiger partial charge in [0.2, 0.25) is 5.60 Å². The highest BCUT2D eigenvalue weighted by Crippen LogP contribution is 2.47. The lowest BCUT2D eigenvalue weighted by Crippen LogP contribution is -2.86. The number of ketones is 4. The fourth-order valence-corrected chi connectivity index (χ4v) is 3.37. The SMILES string of the molecule is CC(=O)[C@]1(O)[C@@](O)(C(C)=O)[C@@H](C(=O)C(C)O)O[C@@H](S)[C@@]1(O)C(C)=O. The van der Waals surface area contributed by atoms with Crippen LogP contribution in [0.2, 0.25) is 0 Å². The molecule has 0 radical (unpaired) electrons. The van der Waals surface area contributed by atoms with Gasteiger partial charge in [-0.25, -0.2) is 0 Å². The molecular formula is C14H20O9S. The van der Waals surface area contributed by atoms with Crippen LogP contribution in [0.5, 0.6) is 0 Å². The van der Waals surface area contributed by atoms with Crippen LogP contribution in [-0.2, 0) is 23.9 Å². The number of Topliss-reactive ketones (excluding diaryl/α,β-unsaturated/α-hetero) is 4. The van der Waals surface area contributed by atoms with Crippen molar-refractivity contribution >= 4 is 35.8 Å². The largest absolute Gasteiger partial charge is 0.386 e. The van der Waals surface area contributed by atoms with Gasteiger partial charge in [0.05, 0.1) is 0 Å². The molecule has 4 N–H and O–H groups in total. The van der Waals surface area contributed by atoms with Crippen molar-refractivity contribution < 1.29 is 44.3 Å². The van der Waals surface area contributed by atoms with Crippen molar-refractivity contribution in [3.05, 3.63) is 0 Å². The van der Waals surface area contributed by atoms with Gasteiger partial charge in [-0.15, -0.1) is 12.6 Å². The number of carbonyl (C=O) groups excluding carboxylic acids is 4. The zero-order valence-corrected chi connectivity index (χ0v) is 14.4. The second kappa shape index (κ2) is 6.28. The summed E-state index contributed by atoms with van der Waals surface area (Å²) in [5, 5.41) is 41.7. The van der Waals surface area contributed by atoms with Crippen molar-refractivity contribution in [2.45, 2.75) is 62.1 Å². The smallest absolute Gasteiger partial charge is 0.201 e. The van der Waals surface area contributed by atoms with Crippen molar-refractivity contribution in [2.75, 3.05) is 0 Å². The molecule has 136 valence electrons. The number of rotatable bonds is 5. The summed E-state index contributed by atoms with van der Waals surface area (Å²) < 4.78 is 5.01. The first-order valence-corrected chi connectivity index (χ1v) is 7.47. The Kier molecular flexibility index (Phi) is 5.46. The van der Waals surface area contributed by atoms with E-state index in [1.807, 2.05) is 0 Å². The lowest BCUT2D eigenvalue weighted by molar-refractivity contribution is -0.297. The average Bonchev–Trinajstić information content (AvgIpc) is 2.46. The molecule has 0 aromatic rings. The molecule has 0 aliphatic carbocycles. The van der Waals surface area contributed by atoms with E-state index in [1.54, 1.807) is 0 Å². The molecule has 6 atom stereocenters. The Morgan fingerprint density at radius 3 is 1.67 bits per heavy atom. The summed E-state index contributed by atoms with van der Waals surface area (Å²) in [6.07, 6.45) is -3.97.